The summed E-state index contributed by atoms with van der Waals surface area (Å²) in [7, 11) is 1.62. The Morgan fingerprint density at radius 1 is 1.11 bits per heavy atom. The summed E-state index contributed by atoms with van der Waals surface area (Å²) < 4.78 is 7.61. The molecule has 0 amide bonds. The van der Waals surface area contributed by atoms with E-state index in [-0.39, 0.29) is 5.78 Å². The molecular weight excluding hydrogens is 238 g/mol. The number of ketones is 1. The smallest absolute Gasteiger partial charge is 0.170 e. The highest BCUT2D eigenvalue weighted by molar-refractivity contribution is 6.18. The number of aryl methyl sites for hydroxylation is 1. The molecule has 94 valence electrons. The van der Waals surface area contributed by atoms with Crippen molar-refractivity contribution < 1.29 is 9.53 Å². The number of hydrogen-bond acceptors (Lipinski definition) is 2. The molecule has 0 fully saturated rings. The van der Waals surface area contributed by atoms with Crippen molar-refractivity contribution in [3.63, 3.8) is 0 Å². The molecule has 2 heterocycles. The fourth-order valence-electron chi connectivity index (χ4n) is 3.14. The van der Waals surface area contributed by atoms with E-state index in [0.29, 0.717) is 12.2 Å². The Labute approximate surface area is 110 Å². The first-order valence-corrected chi connectivity index (χ1v) is 6.42. The van der Waals surface area contributed by atoms with Crippen LogP contribution in [0.3, 0.4) is 0 Å². The normalized spacial score (nSPS) is 14.3. The standard InChI is InChI=1S/C16H13NO2/c1-19-14-7-6-11-10-4-2-3-5-12(10)17-9-8-13(18)15(14)16(11)17/h2-7H,8-9H2,1H3. The number of carbonyl (C=O) groups is 1. The summed E-state index contributed by atoms with van der Waals surface area (Å²) in [4.78, 5) is 12.2. The summed E-state index contributed by atoms with van der Waals surface area (Å²) in [5.41, 5.74) is 2.96. The summed E-state index contributed by atoms with van der Waals surface area (Å²) >= 11 is 0. The average Bonchev–Trinajstić information content (AvgIpc) is 2.78. The van der Waals surface area contributed by atoms with Gasteiger partial charge in [-0.25, -0.2) is 0 Å². The summed E-state index contributed by atoms with van der Waals surface area (Å²) in [6, 6.07) is 12.3. The molecule has 0 atom stereocenters. The minimum Gasteiger partial charge on any atom is -0.496 e. The molecule has 0 unspecified atom stereocenters. The van der Waals surface area contributed by atoms with Crippen molar-refractivity contribution in [1.82, 2.24) is 4.57 Å². The van der Waals surface area contributed by atoms with E-state index in [0.717, 1.165) is 23.0 Å². The molecule has 1 aliphatic rings. The van der Waals surface area contributed by atoms with Crippen LogP contribution in [0.4, 0.5) is 0 Å². The van der Waals surface area contributed by atoms with Crippen molar-refractivity contribution in [1.29, 1.82) is 0 Å². The third-order valence-electron chi connectivity index (χ3n) is 3.96. The number of hydrogen-bond donors (Lipinski definition) is 0. The molecule has 0 N–H and O–H groups in total. The van der Waals surface area contributed by atoms with E-state index in [4.69, 9.17) is 4.74 Å². The Morgan fingerprint density at radius 2 is 1.95 bits per heavy atom. The van der Waals surface area contributed by atoms with Crippen molar-refractivity contribution in [3.8, 4) is 5.75 Å². The van der Waals surface area contributed by atoms with E-state index in [9.17, 15) is 4.79 Å². The number of carbonyl (C=O) groups excluding carboxylic acids is 1. The van der Waals surface area contributed by atoms with Crippen LogP contribution in [0, 0.1) is 0 Å². The van der Waals surface area contributed by atoms with Crippen molar-refractivity contribution in [2.75, 3.05) is 7.11 Å². The van der Waals surface area contributed by atoms with Gasteiger partial charge in [-0.05, 0) is 18.2 Å². The maximum Gasteiger partial charge on any atom is 0.170 e. The van der Waals surface area contributed by atoms with Crippen LogP contribution in [0.2, 0.25) is 0 Å². The van der Waals surface area contributed by atoms with Gasteiger partial charge in [-0.15, -0.1) is 0 Å². The van der Waals surface area contributed by atoms with Gasteiger partial charge in [0.05, 0.1) is 18.2 Å². The second-order valence-corrected chi connectivity index (χ2v) is 4.88. The highest BCUT2D eigenvalue weighted by Crippen LogP contribution is 2.38. The van der Waals surface area contributed by atoms with Gasteiger partial charge in [0.25, 0.3) is 0 Å². The molecule has 0 aliphatic carbocycles. The Bertz CT molecular complexity index is 829. The summed E-state index contributed by atoms with van der Waals surface area (Å²) in [6.45, 7) is 0.753. The summed E-state index contributed by atoms with van der Waals surface area (Å²) in [5, 5.41) is 2.34. The minimum atomic E-state index is 0.178. The van der Waals surface area contributed by atoms with Gasteiger partial charge < -0.3 is 9.30 Å². The maximum atomic E-state index is 12.2. The molecule has 1 aromatic heterocycles. The average molecular weight is 251 g/mol. The fraction of sp³-hybridized carbons (Fsp3) is 0.188. The summed E-state index contributed by atoms with van der Waals surface area (Å²) in [6.07, 6.45) is 0.543. The first-order valence-electron chi connectivity index (χ1n) is 6.42. The Kier molecular flexibility index (Phi) is 2.01. The Balaban J connectivity index is 2.30. The third-order valence-corrected chi connectivity index (χ3v) is 3.96. The molecule has 0 saturated carbocycles. The predicted molar refractivity (Wildman–Crippen MR) is 74.9 cm³/mol. The van der Waals surface area contributed by atoms with Crippen molar-refractivity contribution in [2.24, 2.45) is 0 Å². The second kappa shape index (κ2) is 3.60. The number of rotatable bonds is 1. The Hall–Kier alpha value is -2.29. The number of benzene rings is 2. The molecular formula is C16H13NO2. The van der Waals surface area contributed by atoms with E-state index >= 15 is 0 Å². The first-order chi connectivity index (χ1) is 9.31. The van der Waals surface area contributed by atoms with Gasteiger partial charge >= 0.3 is 0 Å². The lowest BCUT2D eigenvalue weighted by Crippen LogP contribution is -2.15. The van der Waals surface area contributed by atoms with Crippen LogP contribution in [-0.2, 0) is 6.54 Å². The molecule has 2 aromatic carbocycles. The number of ether oxygens (including phenoxy) is 1. The highest BCUT2D eigenvalue weighted by atomic mass is 16.5. The van der Waals surface area contributed by atoms with Crippen molar-refractivity contribution in [3.05, 3.63) is 42.0 Å². The van der Waals surface area contributed by atoms with Gasteiger partial charge in [0.2, 0.25) is 0 Å². The third kappa shape index (κ3) is 1.24. The Morgan fingerprint density at radius 3 is 2.79 bits per heavy atom. The van der Waals surface area contributed by atoms with Crippen LogP contribution in [-0.4, -0.2) is 17.5 Å². The molecule has 3 heteroatoms. The van der Waals surface area contributed by atoms with Crippen LogP contribution in [0.1, 0.15) is 16.8 Å². The van der Waals surface area contributed by atoms with Gasteiger partial charge in [-0.3, -0.25) is 4.79 Å². The lowest BCUT2D eigenvalue weighted by molar-refractivity contribution is 0.0971. The maximum absolute atomic E-state index is 12.2. The first kappa shape index (κ1) is 10.6. The zero-order chi connectivity index (χ0) is 13.0. The van der Waals surface area contributed by atoms with Gasteiger partial charge in [0, 0.05) is 29.3 Å². The van der Waals surface area contributed by atoms with Crippen LogP contribution < -0.4 is 4.74 Å². The quantitative estimate of drug-likeness (QED) is 0.663. The van der Waals surface area contributed by atoms with Crippen LogP contribution in [0.25, 0.3) is 21.8 Å². The van der Waals surface area contributed by atoms with E-state index in [1.165, 1.54) is 10.9 Å². The van der Waals surface area contributed by atoms with Gasteiger partial charge in [0.1, 0.15) is 5.75 Å². The predicted octanol–water partition coefficient (Wildman–Crippen LogP) is 3.39. The van der Waals surface area contributed by atoms with E-state index in [2.05, 4.69) is 22.8 Å². The van der Waals surface area contributed by atoms with Gasteiger partial charge in [0.15, 0.2) is 5.78 Å². The number of fused-ring (bicyclic) bond motifs is 3. The zero-order valence-corrected chi connectivity index (χ0v) is 10.6. The second-order valence-electron chi connectivity index (χ2n) is 4.88. The van der Waals surface area contributed by atoms with Crippen molar-refractivity contribution >= 4 is 27.6 Å². The minimum absolute atomic E-state index is 0.178. The number of para-hydroxylation sites is 1. The van der Waals surface area contributed by atoms with Gasteiger partial charge in [-0.1, -0.05) is 18.2 Å². The molecule has 0 bridgehead atoms. The molecule has 4 rings (SSSR count). The van der Waals surface area contributed by atoms with E-state index in [1.54, 1.807) is 7.11 Å². The molecule has 0 spiro atoms. The number of nitrogens with zero attached hydrogens (tertiary/aromatic N) is 1. The van der Waals surface area contributed by atoms with Crippen LogP contribution >= 0.6 is 0 Å². The number of methoxy groups -OCH3 is 1. The largest absolute Gasteiger partial charge is 0.496 e. The fourth-order valence-corrected chi connectivity index (χ4v) is 3.14. The number of Topliss-reactive ketones (excluding diaryl/α,β-unsaturated/α-hetero) is 1. The molecule has 19 heavy (non-hydrogen) atoms. The monoisotopic (exact) mass is 251 g/mol. The van der Waals surface area contributed by atoms with Gasteiger partial charge in [-0.2, -0.15) is 0 Å². The molecule has 3 aromatic rings. The zero-order valence-electron chi connectivity index (χ0n) is 10.6. The molecule has 3 nitrogen and oxygen atoms in total. The SMILES string of the molecule is COc1ccc2c3ccccc3n3c2c1C(=O)CC3. The van der Waals surface area contributed by atoms with Crippen LogP contribution in [0.15, 0.2) is 36.4 Å². The lowest BCUT2D eigenvalue weighted by Gasteiger charge is -2.17. The molecule has 0 saturated heterocycles. The molecule has 0 radical (unpaired) electrons. The topological polar surface area (TPSA) is 31.2 Å². The highest BCUT2D eigenvalue weighted by Gasteiger charge is 2.25. The van der Waals surface area contributed by atoms with E-state index < -0.39 is 0 Å². The number of aromatic nitrogens is 1. The lowest BCUT2D eigenvalue weighted by atomic mass is 10.0. The summed E-state index contributed by atoms with van der Waals surface area (Å²) in [5.74, 6) is 0.860. The van der Waals surface area contributed by atoms with Crippen molar-refractivity contribution in [2.45, 2.75) is 13.0 Å². The van der Waals surface area contributed by atoms with E-state index in [1.807, 2.05) is 18.2 Å². The molecule has 1 aliphatic heterocycles. The van der Waals surface area contributed by atoms with Crippen LogP contribution in [0.5, 0.6) is 5.75 Å².